The van der Waals surface area contributed by atoms with E-state index in [0.29, 0.717) is 37.0 Å². The van der Waals surface area contributed by atoms with Gasteiger partial charge in [-0.1, -0.05) is 0 Å². The number of esters is 1. The van der Waals surface area contributed by atoms with Crippen molar-refractivity contribution in [3.05, 3.63) is 23.0 Å². The lowest BCUT2D eigenvalue weighted by atomic mass is 9.79. The molecular formula is C29H39NO12. The second kappa shape index (κ2) is 12.3. The van der Waals surface area contributed by atoms with E-state index in [-0.39, 0.29) is 61.8 Å². The van der Waals surface area contributed by atoms with E-state index in [0.717, 1.165) is 16.5 Å². The van der Waals surface area contributed by atoms with Crippen molar-refractivity contribution in [2.45, 2.75) is 81.6 Å². The first-order chi connectivity index (χ1) is 20.2. The molecule has 2 saturated heterocycles. The molecule has 3 heterocycles. The van der Waals surface area contributed by atoms with Crippen molar-refractivity contribution in [1.82, 2.24) is 5.32 Å². The largest absolute Gasteiger partial charge is 0.490 e. The number of carbonyl (C=O) groups is 2. The number of amides is 1. The maximum absolute atomic E-state index is 12.8. The summed E-state index contributed by atoms with van der Waals surface area (Å²) in [5, 5.41) is 56.0. The van der Waals surface area contributed by atoms with Crippen LogP contribution in [0, 0.1) is 5.92 Å². The summed E-state index contributed by atoms with van der Waals surface area (Å²) in [4.78, 5) is 24.9. The van der Waals surface area contributed by atoms with Gasteiger partial charge in [0.15, 0.2) is 16.9 Å². The third kappa shape index (κ3) is 5.22. The number of aliphatic hydroxyl groups is 5. The topological polar surface area (TPSA) is 197 Å². The Labute approximate surface area is 242 Å². The van der Waals surface area contributed by atoms with Gasteiger partial charge in [-0.3, -0.25) is 9.59 Å². The average molecular weight is 594 g/mol. The minimum atomic E-state index is -2.18. The Morgan fingerprint density at radius 1 is 1.19 bits per heavy atom. The molecule has 13 nitrogen and oxygen atoms in total. The van der Waals surface area contributed by atoms with Crippen LogP contribution in [0.1, 0.15) is 55.2 Å². The van der Waals surface area contributed by atoms with Gasteiger partial charge in [0.1, 0.15) is 18.3 Å². The number of hydrogen-bond donors (Lipinski definition) is 6. The van der Waals surface area contributed by atoms with Crippen LogP contribution in [0.2, 0.25) is 0 Å². The van der Waals surface area contributed by atoms with Gasteiger partial charge in [-0.05, 0) is 44.6 Å². The zero-order valence-electron chi connectivity index (χ0n) is 23.7. The Balaban J connectivity index is 1.66. The van der Waals surface area contributed by atoms with Crippen LogP contribution in [0.15, 0.2) is 10.7 Å². The van der Waals surface area contributed by atoms with Crippen LogP contribution in [-0.4, -0.2) is 101 Å². The number of furan rings is 1. The van der Waals surface area contributed by atoms with Crippen molar-refractivity contribution in [1.29, 1.82) is 0 Å². The highest BCUT2D eigenvalue weighted by Gasteiger charge is 2.56. The van der Waals surface area contributed by atoms with E-state index in [9.17, 15) is 35.1 Å². The highest BCUT2D eigenvalue weighted by atomic mass is 16.7. The van der Waals surface area contributed by atoms with Crippen molar-refractivity contribution in [2.75, 3.05) is 33.5 Å². The molecule has 1 aromatic carbocycles. The fourth-order valence-corrected chi connectivity index (χ4v) is 6.44. The number of hydrogen-bond acceptors (Lipinski definition) is 12. The molecule has 6 N–H and O–H groups in total. The van der Waals surface area contributed by atoms with Crippen molar-refractivity contribution >= 4 is 22.8 Å². The SMILES string of the molecule is CCOC(=O)[C@H]1CCc2c(c(O[C@@H]3O[C@H](CO)[C@@H](O)[C@H](O)[C@]3(O)CCCO)c(OC)c3occ([C@@H]4CNC(=O)C4)c23)C1. The minimum Gasteiger partial charge on any atom is -0.490 e. The van der Waals surface area contributed by atoms with Crippen molar-refractivity contribution in [2.24, 2.45) is 5.92 Å². The van der Waals surface area contributed by atoms with Gasteiger partial charge >= 0.3 is 5.97 Å². The summed E-state index contributed by atoms with van der Waals surface area (Å²) in [7, 11) is 1.41. The zero-order chi connectivity index (χ0) is 30.2. The summed E-state index contributed by atoms with van der Waals surface area (Å²) in [5.74, 6) is -0.777. The van der Waals surface area contributed by atoms with E-state index in [1.165, 1.54) is 7.11 Å². The van der Waals surface area contributed by atoms with E-state index in [2.05, 4.69) is 5.32 Å². The van der Waals surface area contributed by atoms with Gasteiger partial charge in [-0.2, -0.15) is 0 Å². The highest BCUT2D eigenvalue weighted by Crippen LogP contribution is 2.50. The van der Waals surface area contributed by atoms with E-state index in [1.54, 1.807) is 13.2 Å². The Morgan fingerprint density at radius 3 is 2.62 bits per heavy atom. The van der Waals surface area contributed by atoms with Crippen LogP contribution in [0.5, 0.6) is 11.5 Å². The molecule has 1 aliphatic carbocycles. The molecule has 0 radical (unpaired) electrons. The van der Waals surface area contributed by atoms with E-state index >= 15 is 0 Å². The molecular weight excluding hydrogens is 554 g/mol. The van der Waals surface area contributed by atoms with Crippen LogP contribution < -0.4 is 14.8 Å². The standard InChI is InChI=1S/C29H39NO12/c1-3-39-27(36)14-5-6-16-17(9-14)23(25(38-2)24-21(16)18(13-40-24)15-10-20(33)30-11-15)42-28-29(37,7-4-8-31)26(35)22(34)19(12-32)41-28/h13-15,19,22,26,28,31-32,34-35,37H,3-12H2,1-2H3,(H,30,33)/t14-,15-,19+,22+,26-,28-,29+/m0/s1. The maximum atomic E-state index is 12.8. The molecule has 3 aliphatic rings. The second-order valence-electron chi connectivity index (χ2n) is 11.2. The Morgan fingerprint density at radius 2 is 1.98 bits per heavy atom. The molecule has 13 heteroatoms. The van der Waals surface area contributed by atoms with Gasteiger partial charge in [-0.25, -0.2) is 0 Å². The number of benzene rings is 1. The van der Waals surface area contributed by atoms with Crippen molar-refractivity contribution < 1.29 is 58.5 Å². The fraction of sp³-hybridized carbons (Fsp3) is 0.655. The van der Waals surface area contributed by atoms with Gasteiger partial charge in [0, 0.05) is 42.0 Å². The maximum Gasteiger partial charge on any atom is 0.309 e. The van der Waals surface area contributed by atoms with E-state index in [1.807, 2.05) is 0 Å². The fourth-order valence-electron chi connectivity index (χ4n) is 6.44. The molecule has 2 fully saturated rings. The van der Waals surface area contributed by atoms with Crippen LogP contribution in [0.4, 0.5) is 0 Å². The molecule has 0 unspecified atom stereocenters. The first-order valence-electron chi connectivity index (χ1n) is 14.4. The molecule has 1 aromatic heterocycles. The molecule has 0 bridgehead atoms. The number of aliphatic hydroxyl groups excluding tert-OH is 4. The average Bonchev–Trinajstić information content (AvgIpc) is 3.62. The third-order valence-electron chi connectivity index (χ3n) is 8.67. The van der Waals surface area contributed by atoms with Crippen LogP contribution in [-0.2, 0) is 31.9 Å². The third-order valence-corrected chi connectivity index (χ3v) is 8.67. The predicted molar refractivity (Wildman–Crippen MR) is 145 cm³/mol. The summed E-state index contributed by atoms with van der Waals surface area (Å²) in [6, 6.07) is 0. The number of methoxy groups -OCH3 is 1. The number of carbonyl (C=O) groups excluding carboxylic acids is 2. The molecule has 42 heavy (non-hydrogen) atoms. The normalized spacial score (nSPS) is 31.1. The molecule has 7 atom stereocenters. The van der Waals surface area contributed by atoms with Gasteiger partial charge < -0.3 is 54.2 Å². The number of ether oxygens (including phenoxy) is 4. The molecule has 2 aromatic rings. The number of aryl methyl sites for hydroxylation is 1. The van der Waals surface area contributed by atoms with Crippen LogP contribution >= 0.6 is 0 Å². The van der Waals surface area contributed by atoms with Gasteiger partial charge in [0.05, 0.1) is 32.5 Å². The summed E-state index contributed by atoms with van der Waals surface area (Å²) >= 11 is 0. The monoisotopic (exact) mass is 593 g/mol. The Kier molecular flexibility index (Phi) is 8.97. The molecule has 0 spiro atoms. The highest BCUT2D eigenvalue weighted by molar-refractivity contribution is 5.95. The minimum absolute atomic E-state index is 0.0577. The van der Waals surface area contributed by atoms with Crippen LogP contribution in [0.3, 0.4) is 0 Å². The first-order valence-corrected chi connectivity index (χ1v) is 14.4. The number of fused-ring (bicyclic) bond motifs is 3. The van der Waals surface area contributed by atoms with E-state index < -0.39 is 42.7 Å². The van der Waals surface area contributed by atoms with E-state index in [4.69, 9.17) is 23.4 Å². The van der Waals surface area contributed by atoms with Gasteiger partial charge in [-0.15, -0.1) is 0 Å². The Bertz CT molecular complexity index is 1310. The van der Waals surface area contributed by atoms with Gasteiger partial charge in [0.25, 0.3) is 0 Å². The first kappa shape index (κ1) is 30.5. The molecule has 2 aliphatic heterocycles. The molecule has 1 amide bonds. The second-order valence-corrected chi connectivity index (χ2v) is 11.2. The molecule has 5 rings (SSSR count). The summed E-state index contributed by atoms with van der Waals surface area (Å²) in [5.41, 5.74) is 0.423. The van der Waals surface area contributed by atoms with Gasteiger partial charge in [0.2, 0.25) is 17.9 Å². The number of nitrogens with one attached hydrogen (secondary N) is 1. The Hall–Kier alpha value is -2.94. The smallest absolute Gasteiger partial charge is 0.309 e. The lowest BCUT2D eigenvalue weighted by Crippen LogP contribution is -2.68. The van der Waals surface area contributed by atoms with Crippen LogP contribution in [0.25, 0.3) is 11.0 Å². The van der Waals surface area contributed by atoms with Crippen molar-refractivity contribution in [3.8, 4) is 11.5 Å². The zero-order valence-corrected chi connectivity index (χ0v) is 23.7. The van der Waals surface area contributed by atoms with Crippen molar-refractivity contribution in [3.63, 3.8) is 0 Å². The predicted octanol–water partition coefficient (Wildman–Crippen LogP) is 0.0343. The quantitative estimate of drug-likeness (QED) is 0.203. The lowest BCUT2D eigenvalue weighted by molar-refractivity contribution is -0.322. The summed E-state index contributed by atoms with van der Waals surface area (Å²) in [6.45, 7) is 1.43. The molecule has 232 valence electrons. The summed E-state index contributed by atoms with van der Waals surface area (Å²) in [6.07, 6.45) is -3.38. The number of rotatable bonds is 10. The lowest BCUT2D eigenvalue weighted by Gasteiger charge is -2.48. The summed E-state index contributed by atoms with van der Waals surface area (Å²) < 4.78 is 29.3. The molecule has 0 saturated carbocycles.